The van der Waals surface area contributed by atoms with E-state index in [0.717, 1.165) is 0 Å². The second-order valence-electron chi connectivity index (χ2n) is 3.71. The van der Waals surface area contributed by atoms with Crippen molar-refractivity contribution in [2.75, 3.05) is 6.54 Å². The van der Waals surface area contributed by atoms with Gasteiger partial charge in [0, 0.05) is 12.6 Å². The van der Waals surface area contributed by atoms with E-state index >= 15 is 0 Å². The van der Waals surface area contributed by atoms with Crippen LogP contribution in [0, 0.1) is 5.92 Å². The van der Waals surface area contributed by atoms with Crippen LogP contribution in [0.2, 0.25) is 10.0 Å². The Bertz CT molecular complexity index is 328. The van der Waals surface area contributed by atoms with Gasteiger partial charge in [-0.1, -0.05) is 37.0 Å². The molecule has 84 valence electrons. The zero-order valence-electron chi connectivity index (χ0n) is 8.84. The summed E-state index contributed by atoms with van der Waals surface area (Å²) in [6, 6.07) is 5.21. The van der Waals surface area contributed by atoms with E-state index in [0.29, 0.717) is 28.3 Å². The fraction of sp³-hybridized carbons (Fsp3) is 0.455. The fourth-order valence-corrected chi connectivity index (χ4v) is 1.47. The number of benzene rings is 1. The summed E-state index contributed by atoms with van der Waals surface area (Å²) >= 11 is 11.7. The monoisotopic (exact) mass is 247 g/mol. The molecular formula is C11H15Cl2NO. The molecule has 0 fully saturated rings. The standard InChI is InChI=1S/C11H15Cl2NO/c1-7(2)11(6-14)15-8-3-4-9(12)10(13)5-8/h3-5,7,11H,6,14H2,1-2H3. The van der Waals surface area contributed by atoms with Gasteiger partial charge in [-0.15, -0.1) is 0 Å². The van der Waals surface area contributed by atoms with Crippen molar-refractivity contribution in [1.82, 2.24) is 0 Å². The van der Waals surface area contributed by atoms with E-state index in [4.69, 9.17) is 33.7 Å². The highest BCUT2D eigenvalue weighted by Gasteiger charge is 2.13. The molecule has 2 nitrogen and oxygen atoms in total. The molecule has 4 heteroatoms. The molecule has 2 N–H and O–H groups in total. The van der Waals surface area contributed by atoms with Crippen LogP contribution in [0.3, 0.4) is 0 Å². The van der Waals surface area contributed by atoms with E-state index in [1.54, 1.807) is 18.2 Å². The molecule has 0 aliphatic rings. The number of ether oxygens (including phenoxy) is 1. The Balaban J connectivity index is 2.75. The van der Waals surface area contributed by atoms with Crippen molar-refractivity contribution in [1.29, 1.82) is 0 Å². The fourth-order valence-electron chi connectivity index (χ4n) is 1.18. The van der Waals surface area contributed by atoms with Crippen LogP contribution in [0.15, 0.2) is 18.2 Å². The zero-order chi connectivity index (χ0) is 11.4. The maximum atomic E-state index is 5.88. The Kier molecular flexibility index (Phi) is 4.71. The lowest BCUT2D eigenvalue weighted by molar-refractivity contribution is 0.159. The molecule has 0 aliphatic carbocycles. The van der Waals surface area contributed by atoms with Crippen molar-refractivity contribution in [3.05, 3.63) is 28.2 Å². The summed E-state index contributed by atoms with van der Waals surface area (Å²) < 4.78 is 5.69. The maximum Gasteiger partial charge on any atom is 0.121 e. The van der Waals surface area contributed by atoms with E-state index in [-0.39, 0.29) is 6.10 Å². The first-order valence-electron chi connectivity index (χ1n) is 4.86. The predicted octanol–water partition coefficient (Wildman–Crippen LogP) is 3.36. The van der Waals surface area contributed by atoms with Crippen molar-refractivity contribution in [3.8, 4) is 5.75 Å². The molecule has 1 rings (SSSR count). The molecule has 1 atom stereocenters. The molecule has 0 bridgehead atoms. The molecule has 0 aromatic heterocycles. The first kappa shape index (κ1) is 12.6. The van der Waals surface area contributed by atoms with Gasteiger partial charge in [0.1, 0.15) is 11.9 Å². The Labute approximate surface area is 100 Å². The molecule has 1 aromatic carbocycles. The minimum Gasteiger partial charge on any atom is -0.489 e. The van der Waals surface area contributed by atoms with Crippen LogP contribution < -0.4 is 10.5 Å². The summed E-state index contributed by atoms with van der Waals surface area (Å²) in [5.41, 5.74) is 5.61. The van der Waals surface area contributed by atoms with Crippen molar-refractivity contribution in [2.45, 2.75) is 20.0 Å². The summed E-state index contributed by atoms with van der Waals surface area (Å²) in [4.78, 5) is 0. The minimum absolute atomic E-state index is 0.00208. The largest absolute Gasteiger partial charge is 0.489 e. The Morgan fingerprint density at radius 1 is 1.27 bits per heavy atom. The van der Waals surface area contributed by atoms with Gasteiger partial charge in [0.05, 0.1) is 10.0 Å². The molecule has 0 heterocycles. The first-order valence-corrected chi connectivity index (χ1v) is 5.62. The van der Waals surface area contributed by atoms with Gasteiger partial charge in [-0.2, -0.15) is 0 Å². The third kappa shape index (κ3) is 3.56. The second-order valence-corrected chi connectivity index (χ2v) is 4.53. The van der Waals surface area contributed by atoms with E-state index in [1.807, 2.05) is 0 Å². The Morgan fingerprint density at radius 2 is 1.93 bits per heavy atom. The van der Waals surface area contributed by atoms with Gasteiger partial charge in [-0.25, -0.2) is 0 Å². The molecule has 0 spiro atoms. The van der Waals surface area contributed by atoms with Gasteiger partial charge in [0.2, 0.25) is 0 Å². The molecule has 0 saturated heterocycles. The predicted molar refractivity (Wildman–Crippen MR) is 64.8 cm³/mol. The number of hydrogen-bond donors (Lipinski definition) is 1. The minimum atomic E-state index is 0.00208. The molecular weight excluding hydrogens is 233 g/mol. The van der Waals surface area contributed by atoms with Crippen LogP contribution in [0.25, 0.3) is 0 Å². The van der Waals surface area contributed by atoms with E-state index in [9.17, 15) is 0 Å². The lowest BCUT2D eigenvalue weighted by Gasteiger charge is -2.21. The zero-order valence-corrected chi connectivity index (χ0v) is 10.3. The normalized spacial score (nSPS) is 12.9. The topological polar surface area (TPSA) is 35.2 Å². The van der Waals surface area contributed by atoms with Gasteiger partial charge in [0.25, 0.3) is 0 Å². The molecule has 0 saturated carbocycles. The molecule has 1 unspecified atom stereocenters. The van der Waals surface area contributed by atoms with Gasteiger partial charge >= 0.3 is 0 Å². The van der Waals surface area contributed by atoms with Crippen molar-refractivity contribution < 1.29 is 4.74 Å². The summed E-state index contributed by atoms with van der Waals surface area (Å²) in [6.45, 7) is 4.61. The molecule has 0 radical (unpaired) electrons. The van der Waals surface area contributed by atoms with Crippen LogP contribution in [0.5, 0.6) is 5.75 Å². The Hall–Kier alpha value is -0.440. The number of halogens is 2. The first-order chi connectivity index (χ1) is 7.04. The van der Waals surface area contributed by atoms with Crippen LogP contribution in [-0.4, -0.2) is 12.6 Å². The summed E-state index contributed by atoms with van der Waals surface area (Å²) in [6.07, 6.45) is 0.00208. The lowest BCUT2D eigenvalue weighted by atomic mass is 10.1. The number of nitrogens with two attached hydrogens (primary N) is 1. The average Bonchev–Trinajstić information content (AvgIpc) is 2.19. The van der Waals surface area contributed by atoms with Gasteiger partial charge < -0.3 is 10.5 Å². The summed E-state index contributed by atoms with van der Waals surface area (Å²) in [7, 11) is 0. The molecule has 0 amide bonds. The smallest absolute Gasteiger partial charge is 0.121 e. The molecule has 1 aromatic rings. The average molecular weight is 248 g/mol. The second kappa shape index (κ2) is 5.59. The van der Waals surface area contributed by atoms with E-state index in [2.05, 4.69) is 13.8 Å². The van der Waals surface area contributed by atoms with Gasteiger partial charge in [-0.3, -0.25) is 0 Å². The highest BCUT2D eigenvalue weighted by molar-refractivity contribution is 6.42. The van der Waals surface area contributed by atoms with Crippen molar-refractivity contribution in [2.24, 2.45) is 11.7 Å². The molecule has 15 heavy (non-hydrogen) atoms. The van der Waals surface area contributed by atoms with E-state index < -0.39 is 0 Å². The van der Waals surface area contributed by atoms with E-state index in [1.165, 1.54) is 0 Å². The lowest BCUT2D eigenvalue weighted by Crippen LogP contribution is -2.31. The quantitative estimate of drug-likeness (QED) is 0.886. The maximum absolute atomic E-state index is 5.88. The van der Waals surface area contributed by atoms with Crippen LogP contribution in [-0.2, 0) is 0 Å². The van der Waals surface area contributed by atoms with Crippen LogP contribution in [0.1, 0.15) is 13.8 Å². The SMILES string of the molecule is CC(C)C(CN)Oc1ccc(Cl)c(Cl)c1. The van der Waals surface area contributed by atoms with Gasteiger partial charge in [0.15, 0.2) is 0 Å². The third-order valence-electron chi connectivity index (χ3n) is 2.15. The number of hydrogen-bond acceptors (Lipinski definition) is 2. The van der Waals surface area contributed by atoms with Crippen LogP contribution in [0.4, 0.5) is 0 Å². The summed E-state index contributed by atoms with van der Waals surface area (Å²) in [5, 5.41) is 1.02. The molecule has 0 aliphatic heterocycles. The third-order valence-corrected chi connectivity index (χ3v) is 2.89. The number of rotatable bonds is 4. The van der Waals surface area contributed by atoms with Gasteiger partial charge in [-0.05, 0) is 18.1 Å². The van der Waals surface area contributed by atoms with Crippen molar-refractivity contribution in [3.63, 3.8) is 0 Å². The highest BCUT2D eigenvalue weighted by Crippen LogP contribution is 2.27. The Morgan fingerprint density at radius 3 is 2.40 bits per heavy atom. The van der Waals surface area contributed by atoms with Crippen LogP contribution >= 0.6 is 23.2 Å². The van der Waals surface area contributed by atoms with Crippen molar-refractivity contribution >= 4 is 23.2 Å². The summed E-state index contributed by atoms with van der Waals surface area (Å²) in [5.74, 6) is 1.07. The highest BCUT2D eigenvalue weighted by atomic mass is 35.5.